The maximum absolute atomic E-state index is 12.9. The third kappa shape index (κ3) is 5.23. The predicted octanol–water partition coefficient (Wildman–Crippen LogP) is 2.31. The molecule has 1 fully saturated rings. The van der Waals surface area contributed by atoms with E-state index in [-0.39, 0.29) is 18.0 Å². The van der Waals surface area contributed by atoms with E-state index in [0.717, 1.165) is 31.6 Å². The Hall–Kier alpha value is -3.45. The van der Waals surface area contributed by atoms with Gasteiger partial charge in [-0.25, -0.2) is 4.68 Å². The van der Waals surface area contributed by atoms with E-state index in [1.807, 2.05) is 35.2 Å². The first kappa shape index (κ1) is 21.8. The number of rotatable bonds is 7. The second-order valence-corrected chi connectivity index (χ2v) is 7.87. The number of methoxy groups -OCH3 is 1. The molecule has 1 aliphatic heterocycles. The van der Waals surface area contributed by atoms with Crippen molar-refractivity contribution in [3.8, 4) is 17.0 Å². The van der Waals surface area contributed by atoms with Crippen molar-refractivity contribution in [2.24, 2.45) is 0 Å². The SMILES string of the molecule is COc1ccccc1-c1ccc(=O)n(CC(=O)N2CCN(CCc3ccccc3)CC2)n1. The number of aromatic nitrogens is 2. The molecule has 2 aromatic carbocycles. The third-order valence-electron chi connectivity index (χ3n) is 5.82. The van der Waals surface area contributed by atoms with E-state index in [1.165, 1.54) is 16.3 Å². The van der Waals surface area contributed by atoms with Crippen molar-refractivity contribution in [3.05, 3.63) is 82.6 Å². The predicted molar refractivity (Wildman–Crippen MR) is 124 cm³/mol. The number of piperazine rings is 1. The number of ether oxygens (including phenoxy) is 1. The van der Waals surface area contributed by atoms with Gasteiger partial charge in [0.05, 0.1) is 12.8 Å². The van der Waals surface area contributed by atoms with Gasteiger partial charge in [0.1, 0.15) is 12.3 Å². The van der Waals surface area contributed by atoms with Crippen LogP contribution in [0.1, 0.15) is 5.56 Å². The molecule has 7 nitrogen and oxygen atoms in total. The van der Waals surface area contributed by atoms with Crippen LogP contribution < -0.4 is 10.3 Å². The Morgan fingerprint density at radius 3 is 2.41 bits per heavy atom. The van der Waals surface area contributed by atoms with Crippen LogP contribution in [0.4, 0.5) is 0 Å². The lowest BCUT2D eigenvalue weighted by Gasteiger charge is -2.34. The first-order valence-electron chi connectivity index (χ1n) is 10.9. The first-order valence-corrected chi connectivity index (χ1v) is 10.9. The summed E-state index contributed by atoms with van der Waals surface area (Å²) in [5.41, 5.74) is 2.41. The molecule has 32 heavy (non-hydrogen) atoms. The molecule has 1 saturated heterocycles. The number of carbonyl (C=O) groups is 1. The molecule has 1 aliphatic rings. The van der Waals surface area contributed by atoms with E-state index in [0.29, 0.717) is 24.5 Å². The minimum absolute atomic E-state index is 0.0637. The molecular formula is C25H28N4O3. The number of para-hydroxylation sites is 1. The van der Waals surface area contributed by atoms with E-state index in [4.69, 9.17) is 4.74 Å². The molecule has 0 N–H and O–H groups in total. The fourth-order valence-corrected chi connectivity index (χ4v) is 3.94. The van der Waals surface area contributed by atoms with Crippen LogP contribution in [0.2, 0.25) is 0 Å². The lowest BCUT2D eigenvalue weighted by Crippen LogP contribution is -2.50. The molecule has 1 amide bonds. The number of amides is 1. The smallest absolute Gasteiger partial charge is 0.267 e. The van der Waals surface area contributed by atoms with E-state index in [1.54, 1.807) is 13.2 Å². The van der Waals surface area contributed by atoms with Crippen molar-refractivity contribution >= 4 is 5.91 Å². The zero-order chi connectivity index (χ0) is 22.3. The van der Waals surface area contributed by atoms with Crippen molar-refractivity contribution < 1.29 is 9.53 Å². The molecule has 0 unspecified atom stereocenters. The highest BCUT2D eigenvalue weighted by atomic mass is 16.5. The number of hydrogen-bond acceptors (Lipinski definition) is 5. The molecule has 2 heterocycles. The van der Waals surface area contributed by atoms with Crippen LogP contribution in [0, 0.1) is 0 Å². The average molecular weight is 433 g/mol. The Balaban J connectivity index is 1.36. The number of hydrogen-bond donors (Lipinski definition) is 0. The highest BCUT2D eigenvalue weighted by molar-refractivity contribution is 5.76. The molecule has 0 spiro atoms. The highest BCUT2D eigenvalue weighted by Crippen LogP contribution is 2.27. The maximum Gasteiger partial charge on any atom is 0.267 e. The Kier molecular flexibility index (Phi) is 6.97. The van der Waals surface area contributed by atoms with Gasteiger partial charge in [-0.05, 0) is 30.2 Å². The largest absolute Gasteiger partial charge is 0.496 e. The minimum atomic E-state index is -0.293. The van der Waals surface area contributed by atoms with Crippen LogP contribution in [-0.4, -0.2) is 65.3 Å². The quantitative estimate of drug-likeness (QED) is 0.573. The van der Waals surface area contributed by atoms with Crippen molar-refractivity contribution in [2.45, 2.75) is 13.0 Å². The van der Waals surface area contributed by atoms with Crippen LogP contribution in [0.3, 0.4) is 0 Å². The molecular weight excluding hydrogens is 404 g/mol. The zero-order valence-corrected chi connectivity index (χ0v) is 18.3. The van der Waals surface area contributed by atoms with Crippen molar-refractivity contribution in [1.29, 1.82) is 0 Å². The molecule has 4 rings (SSSR count). The third-order valence-corrected chi connectivity index (χ3v) is 5.82. The molecule has 0 saturated carbocycles. The van der Waals surface area contributed by atoms with Gasteiger partial charge in [0.15, 0.2) is 0 Å². The minimum Gasteiger partial charge on any atom is -0.496 e. The van der Waals surface area contributed by atoms with Crippen LogP contribution >= 0.6 is 0 Å². The van der Waals surface area contributed by atoms with Gasteiger partial charge in [0, 0.05) is 44.4 Å². The average Bonchev–Trinajstić information content (AvgIpc) is 2.85. The van der Waals surface area contributed by atoms with Gasteiger partial charge in [-0.2, -0.15) is 5.10 Å². The summed E-state index contributed by atoms with van der Waals surface area (Å²) >= 11 is 0. The standard InChI is InChI=1S/C25H28N4O3/c1-32-23-10-6-5-9-21(23)22-11-12-24(30)29(26-22)19-25(31)28-17-15-27(16-18-28)14-13-20-7-3-2-4-8-20/h2-12H,13-19H2,1H3. The van der Waals surface area contributed by atoms with Crippen LogP contribution in [0.25, 0.3) is 11.3 Å². The van der Waals surface area contributed by atoms with Gasteiger partial charge in [-0.1, -0.05) is 42.5 Å². The Labute approximate surface area is 187 Å². The first-order chi connectivity index (χ1) is 15.6. The summed E-state index contributed by atoms with van der Waals surface area (Å²) in [6.45, 7) is 3.91. The lowest BCUT2D eigenvalue weighted by atomic mass is 10.1. The fraction of sp³-hybridized carbons (Fsp3) is 0.320. The summed E-state index contributed by atoms with van der Waals surface area (Å²) in [7, 11) is 1.60. The van der Waals surface area contributed by atoms with E-state index >= 15 is 0 Å². The van der Waals surface area contributed by atoms with Crippen LogP contribution in [-0.2, 0) is 17.8 Å². The number of carbonyl (C=O) groups excluding carboxylic acids is 1. The topological polar surface area (TPSA) is 67.7 Å². The van der Waals surface area contributed by atoms with Gasteiger partial charge in [-0.15, -0.1) is 0 Å². The highest BCUT2D eigenvalue weighted by Gasteiger charge is 2.22. The summed E-state index contributed by atoms with van der Waals surface area (Å²) in [5, 5.41) is 4.43. The van der Waals surface area contributed by atoms with Gasteiger partial charge in [0.25, 0.3) is 5.56 Å². The second kappa shape index (κ2) is 10.2. The van der Waals surface area contributed by atoms with Crippen LogP contribution in [0.5, 0.6) is 5.75 Å². The normalized spacial score (nSPS) is 14.3. The lowest BCUT2D eigenvalue weighted by molar-refractivity contribution is -0.133. The molecule has 0 bridgehead atoms. The van der Waals surface area contributed by atoms with Gasteiger partial charge in [0.2, 0.25) is 5.91 Å². The van der Waals surface area contributed by atoms with Gasteiger partial charge < -0.3 is 9.64 Å². The van der Waals surface area contributed by atoms with Crippen molar-refractivity contribution in [1.82, 2.24) is 19.6 Å². The van der Waals surface area contributed by atoms with E-state index in [9.17, 15) is 9.59 Å². The maximum atomic E-state index is 12.9. The van der Waals surface area contributed by atoms with E-state index in [2.05, 4.69) is 34.3 Å². The molecule has 166 valence electrons. The molecule has 1 aromatic heterocycles. The van der Waals surface area contributed by atoms with Crippen molar-refractivity contribution in [2.75, 3.05) is 39.8 Å². The second-order valence-electron chi connectivity index (χ2n) is 7.87. The summed E-state index contributed by atoms with van der Waals surface area (Å²) in [5.74, 6) is 0.586. The summed E-state index contributed by atoms with van der Waals surface area (Å²) in [6, 6.07) is 21.0. The monoisotopic (exact) mass is 432 g/mol. The summed E-state index contributed by atoms with van der Waals surface area (Å²) < 4.78 is 6.64. The Morgan fingerprint density at radius 1 is 0.938 bits per heavy atom. The van der Waals surface area contributed by atoms with Gasteiger partial charge >= 0.3 is 0 Å². The number of nitrogens with zero attached hydrogens (tertiary/aromatic N) is 4. The zero-order valence-electron chi connectivity index (χ0n) is 18.3. The van der Waals surface area contributed by atoms with E-state index < -0.39 is 0 Å². The van der Waals surface area contributed by atoms with Crippen LogP contribution in [0.15, 0.2) is 71.5 Å². The molecule has 3 aromatic rings. The molecule has 0 radical (unpaired) electrons. The summed E-state index contributed by atoms with van der Waals surface area (Å²) in [4.78, 5) is 29.4. The van der Waals surface area contributed by atoms with Gasteiger partial charge in [-0.3, -0.25) is 14.5 Å². The molecule has 7 heteroatoms. The Bertz CT molecular complexity index is 1110. The fourth-order valence-electron chi connectivity index (χ4n) is 3.94. The Morgan fingerprint density at radius 2 is 1.66 bits per heavy atom. The van der Waals surface area contributed by atoms with Crippen molar-refractivity contribution in [3.63, 3.8) is 0 Å². The molecule has 0 atom stereocenters. The number of benzene rings is 2. The summed E-state index contributed by atoms with van der Waals surface area (Å²) in [6.07, 6.45) is 1.00. The molecule has 0 aliphatic carbocycles.